The van der Waals surface area contributed by atoms with Crippen LogP contribution in [-0.4, -0.2) is 61.1 Å². The first-order chi connectivity index (χ1) is 17.3. The Morgan fingerprint density at radius 1 is 1.28 bits per heavy atom. The monoisotopic (exact) mass is 487 g/mol. The molecular weight excluding hydrogens is 454 g/mol. The van der Waals surface area contributed by atoms with Crippen LogP contribution < -0.4 is 10.2 Å². The van der Waals surface area contributed by atoms with Crippen molar-refractivity contribution in [2.75, 3.05) is 43.6 Å². The molecule has 1 aromatic carbocycles. The molecule has 0 radical (unpaired) electrons. The minimum Gasteiger partial charge on any atom is -0.384 e. The number of nitrogens with zero attached hydrogens (tertiary/aromatic N) is 4. The maximum absolute atomic E-state index is 12.5. The largest absolute Gasteiger partial charge is 0.384 e. The normalized spacial score (nSPS) is 17.4. The fourth-order valence-electron chi connectivity index (χ4n) is 4.60. The quantitative estimate of drug-likeness (QED) is 0.563. The Balaban J connectivity index is 1.63. The second-order valence-corrected chi connectivity index (χ2v) is 9.62. The molecule has 0 bridgehead atoms. The van der Waals surface area contributed by atoms with Crippen LogP contribution in [0.15, 0.2) is 42.5 Å². The lowest BCUT2D eigenvalue weighted by Gasteiger charge is -2.41. The van der Waals surface area contributed by atoms with E-state index < -0.39 is 0 Å². The smallest absolute Gasteiger partial charge is 0.250 e. The molecule has 2 heterocycles. The fraction of sp³-hybridized carbons (Fsp3) is 0.429. The number of benzene rings is 1. The van der Waals surface area contributed by atoms with Gasteiger partial charge >= 0.3 is 0 Å². The van der Waals surface area contributed by atoms with Crippen LogP contribution in [0.5, 0.6) is 0 Å². The number of pyridine rings is 1. The van der Waals surface area contributed by atoms with E-state index in [2.05, 4.69) is 22.9 Å². The first-order valence-corrected chi connectivity index (χ1v) is 12.4. The molecule has 4 rings (SSSR count). The van der Waals surface area contributed by atoms with Crippen molar-refractivity contribution in [3.8, 4) is 17.2 Å². The molecule has 1 atom stereocenters. The number of hydrogen-bond donors (Lipinski definition) is 1. The van der Waals surface area contributed by atoms with Crippen LogP contribution in [0.4, 0.5) is 11.5 Å². The molecule has 0 unspecified atom stereocenters. The molecular formula is C28H33N5O3. The van der Waals surface area contributed by atoms with E-state index in [0.29, 0.717) is 61.2 Å². The van der Waals surface area contributed by atoms with Gasteiger partial charge in [-0.25, -0.2) is 4.98 Å². The van der Waals surface area contributed by atoms with Crippen molar-refractivity contribution in [1.29, 1.82) is 5.26 Å². The van der Waals surface area contributed by atoms with Gasteiger partial charge in [-0.3, -0.25) is 9.59 Å². The molecule has 2 fully saturated rings. The van der Waals surface area contributed by atoms with Crippen molar-refractivity contribution in [3.63, 3.8) is 0 Å². The average molecular weight is 488 g/mol. The number of carbonyl (C=O) groups is 2. The van der Waals surface area contributed by atoms with Gasteiger partial charge in [-0.2, -0.15) is 5.26 Å². The number of amides is 2. The predicted molar refractivity (Wildman–Crippen MR) is 140 cm³/mol. The first kappa shape index (κ1) is 25.4. The molecule has 0 spiro atoms. The minimum absolute atomic E-state index is 0.00844. The molecule has 2 amide bonds. The summed E-state index contributed by atoms with van der Waals surface area (Å²) in [5, 5.41) is 12.9. The van der Waals surface area contributed by atoms with Crippen molar-refractivity contribution < 1.29 is 14.3 Å². The number of methoxy groups -OCH3 is 1. The summed E-state index contributed by atoms with van der Waals surface area (Å²) in [5.41, 5.74) is 4.44. The number of carbonyl (C=O) groups excluding carboxylic acids is 2. The molecule has 1 saturated heterocycles. The van der Waals surface area contributed by atoms with Gasteiger partial charge in [-0.1, -0.05) is 18.7 Å². The first-order valence-electron chi connectivity index (χ1n) is 12.4. The lowest BCUT2D eigenvalue weighted by molar-refractivity contribution is -0.134. The summed E-state index contributed by atoms with van der Waals surface area (Å²) >= 11 is 0. The van der Waals surface area contributed by atoms with Crippen LogP contribution in [0.2, 0.25) is 0 Å². The summed E-state index contributed by atoms with van der Waals surface area (Å²) in [7, 11) is 1.60. The van der Waals surface area contributed by atoms with Crippen LogP contribution in [0.3, 0.4) is 0 Å². The Labute approximate surface area is 212 Å². The van der Waals surface area contributed by atoms with Crippen molar-refractivity contribution in [1.82, 2.24) is 9.88 Å². The third kappa shape index (κ3) is 5.58. The van der Waals surface area contributed by atoms with Crippen molar-refractivity contribution in [3.05, 3.63) is 53.7 Å². The highest BCUT2D eigenvalue weighted by Gasteiger charge is 2.33. The standard InChI is InChI=1S/C28H33N5O3/c1-18(2)28(35)30-23-7-5-6-21(14-23)24-15-22(16-29)27(31-26(24)20-8-9-20)32-11-12-33(19(3)17-32)25(34)10-13-36-4/h5-7,14-15,19-20H,1,8-13,17H2,2-4H3,(H,30,35)/t19-/m1/s1. The van der Waals surface area contributed by atoms with E-state index in [1.54, 1.807) is 14.0 Å². The summed E-state index contributed by atoms with van der Waals surface area (Å²) in [6.07, 6.45) is 2.50. The number of hydrogen-bond acceptors (Lipinski definition) is 6. The Morgan fingerprint density at radius 3 is 2.69 bits per heavy atom. The highest BCUT2D eigenvalue weighted by atomic mass is 16.5. The zero-order chi connectivity index (χ0) is 25.8. The molecule has 36 heavy (non-hydrogen) atoms. The Kier molecular flexibility index (Phi) is 7.70. The zero-order valence-electron chi connectivity index (χ0n) is 21.2. The molecule has 8 nitrogen and oxygen atoms in total. The summed E-state index contributed by atoms with van der Waals surface area (Å²) in [6, 6.07) is 11.9. The molecule has 188 valence electrons. The van der Waals surface area contributed by atoms with E-state index in [4.69, 9.17) is 9.72 Å². The van der Waals surface area contributed by atoms with E-state index in [0.717, 1.165) is 29.7 Å². The van der Waals surface area contributed by atoms with Crippen molar-refractivity contribution in [2.24, 2.45) is 0 Å². The third-order valence-corrected chi connectivity index (χ3v) is 6.70. The van der Waals surface area contributed by atoms with Crippen LogP contribution in [0, 0.1) is 11.3 Å². The molecule has 1 aliphatic heterocycles. The number of ether oxygens (including phenoxy) is 1. The number of piperazine rings is 1. The van der Waals surface area contributed by atoms with Gasteiger partial charge in [0.2, 0.25) is 5.91 Å². The summed E-state index contributed by atoms with van der Waals surface area (Å²) in [5.74, 6) is 0.903. The summed E-state index contributed by atoms with van der Waals surface area (Å²) < 4.78 is 5.06. The third-order valence-electron chi connectivity index (χ3n) is 6.70. The number of rotatable bonds is 8. The van der Waals surface area contributed by atoms with Gasteiger partial charge in [0.1, 0.15) is 11.9 Å². The van der Waals surface area contributed by atoms with Gasteiger partial charge < -0.3 is 19.9 Å². The number of nitrogens with one attached hydrogen (secondary N) is 1. The second-order valence-electron chi connectivity index (χ2n) is 9.62. The highest BCUT2D eigenvalue weighted by Crippen LogP contribution is 2.45. The van der Waals surface area contributed by atoms with Crippen LogP contribution in [-0.2, 0) is 14.3 Å². The number of anilines is 2. The van der Waals surface area contributed by atoms with Crippen LogP contribution in [0.1, 0.15) is 50.3 Å². The molecule has 2 aromatic rings. The highest BCUT2D eigenvalue weighted by molar-refractivity contribution is 6.03. The minimum atomic E-state index is -0.227. The Bertz CT molecular complexity index is 1210. The SMILES string of the molecule is C=C(C)C(=O)Nc1cccc(-c2cc(C#N)c(N3CCN(C(=O)CCOC)[C@H](C)C3)nc2C2CC2)c1. The van der Waals surface area contributed by atoms with Gasteiger partial charge in [0.25, 0.3) is 5.91 Å². The van der Waals surface area contributed by atoms with Crippen molar-refractivity contribution >= 4 is 23.3 Å². The number of nitriles is 1. The van der Waals surface area contributed by atoms with Gasteiger partial charge in [0, 0.05) is 55.5 Å². The summed E-state index contributed by atoms with van der Waals surface area (Å²) in [6.45, 7) is 9.63. The maximum Gasteiger partial charge on any atom is 0.250 e. The lowest BCUT2D eigenvalue weighted by Crippen LogP contribution is -2.54. The summed E-state index contributed by atoms with van der Waals surface area (Å²) in [4.78, 5) is 33.7. The zero-order valence-corrected chi connectivity index (χ0v) is 21.2. The second kappa shape index (κ2) is 10.9. The molecule has 1 aliphatic carbocycles. The van der Waals surface area contributed by atoms with E-state index in [1.165, 1.54) is 0 Å². The van der Waals surface area contributed by atoms with Crippen molar-refractivity contribution in [2.45, 2.75) is 45.1 Å². The van der Waals surface area contributed by atoms with Crippen LogP contribution in [0.25, 0.3) is 11.1 Å². The topological polar surface area (TPSA) is 98.6 Å². The van der Waals surface area contributed by atoms with Gasteiger partial charge in [0.05, 0.1) is 24.3 Å². The van der Waals surface area contributed by atoms with Gasteiger partial charge in [-0.15, -0.1) is 0 Å². The van der Waals surface area contributed by atoms with E-state index in [9.17, 15) is 14.9 Å². The van der Waals surface area contributed by atoms with Crippen LogP contribution >= 0.6 is 0 Å². The molecule has 1 saturated carbocycles. The Hall–Kier alpha value is -3.70. The van der Waals surface area contributed by atoms with Gasteiger partial charge in [0.15, 0.2) is 0 Å². The van der Waals surface area contributed by atoms with E-state index in [-0.39, 0.29) is 17.9 Å². The molecule has 1 aromatic heterocycles. The van der Waals surface area contributed by atoms with E-state index >= 15 is 0 Å². The molecule has 2 aliphatic rings. The average Bonchev–Trinajstić information content (AvgIpc) is 3.72. The molecule has 1 N–H and O–H groups in total. The molecule has 8 heteroatoms. The fourth-order valence-corrected chi connectivity index (χ4v) is 4.60. The van der Waals surface area contributed by atoms with Gasteiger partial charge in [-0.05, 0) is 50.5 Å². The predicted octanol–water partition coefficient (Wildman–Crippen LogP) is 4.09. The lowest BCUT2D eigenvalue weighted by atomic mass is 9.98. The number of aromatic nitrogens is 1. The Morgan fingerprint density at radius 2 is 2.06 bits per heavy atom. The van der Waals surface area contributed by atoms with E-state index in [1.807, 2.05) is 42.2 Å². The maximum atomic E-state index is 12.5.